The molecular formula is C22H34N4O3. The summed E-state index contributed by atoms with van der Waals surface area (Å²) in [5.74, 6) is 0.737. The Kier molecular flexibility index (Phi) is 6.70. The van der Waals surface area contributed by atoms with E-state index in [1.807, 2.05) is 38.1 Å². The number of hydrogen-bond acceptors (Lipinski definition) is 6. The molecule has 0 radical (unpaired) electrons. The molecule has 29 heavy (non-hydrogen) atoms. The van der Waals surface area contributed by atoms with E-state index in [1.54, 1.807) is 0 Å². The molecule has 160 valence electrons. The molecule has 0 unspecified atom stereocenters. The van der Waals surface area contributed by atoms with Crippen molar-refractivity contribution in [1.29, 1.82) is 0 Å². The molecule has 1 atom stereocenters. The van der Waals surface area contributed by atoms with Crippen molar-refractivity contribution in [3.05, 3.63) is 35.5 Å². The molecule has 0 saturated carbocycles. The molecule has 1 aromatic carbocycles. The Morgan fingerprint density at radius 1 is 1.38 bits per heavy atom. The van der Waals surface area contributed by atoms with Crippen molar-refractivity contribution in [2.24, 2.45) is 0 Å². The van der Waals surface area contributed by atoms with Crippen molar-refractivity contribution in [3.63, 3.8) is 0 Å². The molecule has 1 fully saturated rings. The molecule has 0 aromatic heterocycles. The zero-order valence-electron chi connectivity index (χ0n) is 18.2. The second kappa shape index (κ2) is 9.05. The molecule has 1 aromatic rings. The monoisotopic (exact) mass is 402 g/mol. The Balaban J connectivity index is 1.63. The molecule has 1 saturated heterocycles. The summed E-state index contributed by atoms with van der Waals surface area (Å²) in [6.07, 6.45) is 5.95. The normalized spacial score (nSPS) is 20.2. The number of nitrogens with one attached hydrogen (secondary N) is 2. The average molecular weight is 403 g/mol. The fourth-order valence-corrected chi connectivity index (χ4v) is 3.77. The fourth-order valence-electron chi connectivity index (χ4n) is 3.77. The van der Waals surface area contributed by atoms with E-state index < -0.39 is 5.54 Å². The van der Waals surface area contributed by atoms with E-state index in [1.165, 1.54) is 19.8 Å². The Labute approximate surface area is 174 Å². The first-order valence-corrected chi connectivity index (χ1v) is 10.4. The first-order chi connectivity index (χ1) is 13.7. The number of rotatable bonds is 7. The smallest absolute Gasteiger partial charge is 0.217 e. The number of carbonyl (C=O) groups excluding carboxylic acids is 1. The lowest BCUT2D eigenvalue weighted by molar-refractivity contribution is -0.120. The van der Waals surface area contributed by atoms with Gasteiger partial charge in [-0.05, 0) is 63.8 Å². The van der Waals surface area contributed by atoms with E-state index in [0.29, 0.717) is 6.61 Å². The summed E-state index contributed by atoms with van der Waals surface area (Å²) in [5, 5.41) is 7.08. The van der Waals surface area contributed by atoms with Crippen molar-refractivity contribution in [1.82, 2.24) is 20.9 Å². The fraction of sp³-hybridized carbons (Fsp3) is 0.591. The molecule has 7 nitrogen and oxygen atoms in total. The highest BCUT2D eigenvalue weighted by Crippen LogP contribution is 2.27. The summed E-state index contributed by atoms with van der Waals surface area (Å²) >= 11 is 0. The van der Waals surface area contributed by atoms with Crippen LogP contribution in [0.3, 0.4) is 0 Å². The third-order valence-corrected chi connectivity index (χ3v) is 5.21. The Morgan fingerprint density at radius 3 is 2.83 bits per heavy atom. The number of benzene rings is 1. The van der Waals surface area contributed by atoms with E-state index in [9.17, 15) is 4.79 Å². The van der Waals surface area contributed by atoms with Gasteiger partial charge in [0.05, 0.1) is 23.9 Å². The predicted molar refractivity (Wildman–Crippen MR) is 114 cm³/mol. The van der Waals surface area contributed by atoms with Crippen LogP contribution in [-0.4, -0.2) is 54.5 Å². The van der Waals surface area contributed by atoms with Crippen LogP contribution in [0.4, 0.5) is 0 Å². The second-order valence-corrected chi connectivity index (χ2v) is 8.62. The van der Waals surface area contributed by atoms with Gasteiger partial charge in [0.1, 0.15) is 12.4 Å². The van der Waals surface area contributed by atoms with Gasteiger partial charge < -0.3 is 14.8 Å². The second-order valence-electron chi connectivity index (χ2n) is 8.62. The van der Waals surface area contributed by atoms with Gasteiger partial charge >= 0.3 is 0 Å². The molecule has 2 N–H and O–H groups in total. The van der Waals surface area contributed by atoms with Crippen LogP contribution in [0.2, 0.25) is 0 Å². The summed E-state index contributed by atoms with van der Waals surface area (Å²) in [4.78, 5) is 11.3. The molecule has 3 rings (SSSR count). The standard InChI is InChI=1S/C22H34N4O3/c1-16-12-18(29-15-22(3,4)23-17(2)27)9-10-20(16)21-14-26(25(5)24-21)13-19-8-6-7-11-28-19/h9-10,12,14,19,24H,6-8,11,13,15H2,1-5H3,(H,23,27)/t19-/m1/s1. The quantitative estimate of drug-likeness (QED) is 0.731. The number of hydrazine groups is 2. The van der Waals surface area contributed by atoms with Gasteiger partial charge in [-0.2, -0.15) is 0 Å². The highest BCUT2D eigenvalue weighted by molar-refractivity contribution is 5.73. The SMILES string of the molecule is CC(=O)NC(C)(C)COc1ccc(C2=CN(C[C@H]3CCCCO3)N(C)N2)c(C)c1. The minimum Gasteiger partial charge on any atom is -0.491 e. The summed E-state index contributed by atoms with van der Waals surface area (Å²) in [6, 6.07) is 6.08. The molecule has 2 aliphatic heterocycles. The van der Waals surface area contributed by atoms with Crippen LogP contribution >= 0.6 is 0 Å². The average Bonchev–Trinajstić information content (AvgIpc) is 3.00. The first-order valence-electron chi connectivity index (χ1n) is 10.4. The van der Waals surface area contributed by atoms with Gasteiger partial charge in [0.25, 0.3) is 0 Å². The van der Waals surface area contributed by atoms with Gasteiger partial charge in [-0.3, -0.25) is 15.2 Å². The minimum absolute atomic E-state index is 0.0586. The minimum atomic E-state index is -0.418. The van der Waals surface area contributed by atoms with E-state index in [2.05, 4.69) is 34.9 Å². The topological polar surface area (TPSA) is 66.1 Å². The van der Waals surface area contributed by atoms with Crippen LogP contribution in [0.25, 0.3) is 5.70 Å². The number of carbonyl (C=O) groups is 1. The molecule has 0 bridgehead atoms. The maximum Gasteiger partial charge on any atom is 0.217 e. The van der Waals surface area contributed by atoms with Crippen molar-refractivity contribution in [2.75, 3.05) is 26.8 Å². The molecule has 1 amide bonds. The molecule has 2 heterocycles. The first kappa shape index (κ1) is 21.5. The van der Waals surface area contributed by atoms with Crippen LogP contribution in [-0.2, 0) is 9.53 Å². The maximum absolute atomic E-state index is 11.3. The van der Waals surface area contributed by atoms with Crippen LogP contribution in [0.5, 0.6) is 5.75 Å². The van der Waals surface area contributed by atoms with Crippen LogP contribution < -0.4 is 15.5 Å². The third kappa shape index (κ3) is 5.87. The Bertz CT molecular complexity index is 756. The predicted octanol–water partition coefficient (Wildman–Crippen LogP) is 2.82. The summed E-state index contributed by atoms with van der Waals surface area (Å²) in [7, 11) is 2.02. The van der Waals surface area contributed by atoms with Crippen LogP contribution in [0, 0.1) is 6.92 Å². The van der Waals surface area contributed by atoms with E-state index in [4.69, 9.17) is 9.47 Å². The number of aryl methyl sites for hydroxylation is 1. The van der Waals surface area contributed by atoms with Gasteiger partial charge in [-0.25, -0.2) is 0 Å². The van der Waals surface area contributed by atoms with Crippen molar-refractivity contribution >= 4 is 11.6 Å². The molecule has 7 heteroatoms. The summed E-state index contributed by atoms with van der Waals surface area (Å²) in [5.41, 5.74) is 6.33. The number of amides is 1. The van der Waals surface area contributed by atoms with Crippen molar-refractivity contribution in [3.8, 4) is 5.75 Å². The highest BCUT2D eigenvalue weighted by atomic mass is 16.5. The zero-order chi connectivity index (χ0) is 21.0. The molecular weight excluding hydrogens is 368 g/mol. The maximum atomic E-state index is 11.3. The van der Waals surface area contributed by atoms with Gasteiger partial charge in [0.15, 0.2) is 0 Å². The van der Waals surface area contributed by atoms with Gasteiger partial charge in [0.2, 0.25) is 5.91 Å². The van der Waals surface area contributed by atoms with Crippen LogP contribution in [0.1, 0.15) is 51.2 Å². The van der Waals surface area contributed by atoms with Gasteiger partial charge in [0, 0.05) is 32.3 Å². The van der Waals surface area contributed by atoms with E-state index >= 15 is 0 Å². The van der Waals surface area contributed by atoms with Crippen molar-refractivity contribution in [2.45, 2.75) is 58.6 Å². The highest BCUT2D eigenvalue weighted by Gasteiger charge is 2.25. The molecule has 2 aliphatic rings. The van der Waals surface area contributed by atoms with Crippen LogP contribution in [0.15, 0.2) is 24.4 Å². The lowest BCUT2D eigenvalue weighted by Gasteiger charge is -2.30. The van der Waals surface area contributed by atoms with Crippen molar-refractivity contribution < 1.29 is 14.3 Å². The Morgan fingerprint density at radius 2 is 2.17 bits per heavy atom. The lowest BCUT2D eigenvalue weighted by Crippen LogP contribution is -2.46. The number of ether oxygens (including phenoxy) is 2. The molecule has 0 spiro atoms. The number of nitrogens with zero attached hydrogens (tertiary/aromatic N) is 2. The van der Waals surface area contributed by atoms with Gasteiger partial charge in [-0.15, -0.1) is 5.12 Å². The van der Waals surface area contributed by atoms with Gasteiger partial charge in [-0.1, -0.05) is 0 Å². The third-order valence-electron chi connectivity index (χ3n) is 5.21. The largest absolute Gasteiger partial charge is 0.491 e. The summed E-state index contributed by atoms with van der Waals surface area (Å²) in [6.45, 7) is 9.62. The number of hydrogen-bond donors (Lipinski definition) is 2. The van der Waals surface area contributed by atoms with E-state index in [0.717, 1.165) is 42.1 Å². The van der Waals surface area contributed by atoms with E-state index in [-0.39, 0.29) is 12.0 Å². The lowest BCUT2D eigenvalue weighted by atomic mass is 10.1. The zero-order valence-corrected chi connectivity index (χ0v) is 18.2. The summed E-state index contributed by atoms with van der Waals surface area (Å²) < 4.78 is 11.8. The molecule has 0 aliphatic carbocycles. The Hall–Kier alpha value is -2.25.